The van der Waals surface area contributed by atoms with Crippen LogP contribution in [0.2, 0.25) is 0 Å². The average molecular weight is 315 g/mol. The molecule has 0 radical (unpaired) electrons. The van der Waals surface area contributed by atoms with Gasteiger partial charge >= 0.3 is 17.0 Å². The molecule has 5 heteroatoms. The van der Waals surface area contributed by atoms with Crippen molar-refractivity contribution < 1.29 is 8.83 Å². The fraction of sp³-hybridized carbons (Fsp3) is 0. The Morgan fingerprint density at radius 1 is 0.833 bits per heavy atom. The summed E-state index contributed by atoms with van der Waals surface area (Å²) >= 11 is 0. The molecule has 0 atom stereocenters. The molecule has 114 valence electrons. The topological polar surface area (TPSA) is 73.3 Å². The standard InChI is InChI=1S/C19H9NO4/c21-18-13-9-11-7-4-8-12(10-5-2-1-3-6-10)14(11)16-15(13)20-17(23-16)19(22)24-18/h1-9H. The second kappa shape index (κ2) is 4.52. The van der Waals surface area contributed by atoms with Crippen LogP contribution in [0.3, 0.4) is 0 Å². The van der Waals surface area contributed by atoms with Gasteiger partial charge < -0.3 is 8.83 Å². The third-order valence-corrected chi connectivity index (χ3v) is 4.17. The maximum atomic E-state index is 12.1. The van der Waals surface area contributed by atoms with E-state index in [4.69, 9.17) is 8.83 Å². The predicted octanol–water partition coefficient (Wildman–Crippen LogP) is 3.55. The van der Waals surface area contributed by atoms with E-state index >= 15 is 0 Å². The van der Waals surface area contributed by atoms with Crippen LogP contribution in [0.15, 0.2) is 73.0 Å². The van der Waals surface area contributed by atoms with Gasteiger partial charge in [-0.1, -0.05) is 48.5 Å². The van der Waals surface area contributed by atoms with E-state index in [0.717, 1.165) is 21.9 Å². The Kier molecular flexibility index (Phi) is 2.45. The molecule has 0 aliphatic carbocycles. The minimum Gasteiger partial charge on any atom is -0.430 e. The van der Waals surface area contributed by atoms with Gasteiger partial charge in [-0.2, -0.15) is 0 Å². The van der Waals surface area contributed by atoms with Gasteiger partial charge in [0.2, 0.25) is 0 Å². The molecule has 3 aromatic carbocycles. The third-order valence-electron chi connectivity index (χ3n) is 4.17. The first kappa shape index (κ1) is 13.0. The zero-order valence-corrected chi connectivity index (χ0v) is 12.3. The molecule has 0 aliphatic heterocycles. The van der Waals surface area contributed by atoms with Gasteiger partial charge in [-0.15, -0.1) is 0 Å². The Labute approximate surface area is 134 Å². The Hall–Kier alpha value is -3.47. The zero-order valence-electron chi connectivity index (χ0n) is 12.3. The van der Waals surface area contributed by atoms with E-state index in [-0.39, 0.29) is 11.1 Å². The second-order valence-electron chi connectivity index (χ2n) is 5.57. The molecule has 2 heterocycles. The molecule has 5 nitrogen and oxygen atoms in total. The summed E-state index contributed by atoms with van der Waals surface area (Å²) in [6, 6.07) is 17.3. The highest BCUT2D eigenvalue weighted by Crippen LogP contribution is 2.36. The Bertz CT molecular complexity index is 1330. The summed E-state index contributed by atoms with van der Waals surface area (Å²) in [4.78, 5) is 28.1. The van der Waals surface area contributed by atoms with Crippen LogP contribution in [0.4, 0.5) is 0 Å². The van der Waals surface area contributed by atoms with Crippen LogP contribution >= 0.6 is 0 Å². The van der Waals surface area contributed by atoms with Crippen LogP contribution in [0.25, 0.3) is 44.1 Å². The number of hydrogen-bond donors (Lipinski definition) is 0. The van der Waals surface area contributed by atoms with Crippen molar-refractivity contribution >= 4 is 33.0 Å². The molecule has 2 aromatic heterocycles. The normalized spacial score (nSPS) is 11.7. The van der Waals surface area contributed by atoms with Crippen molar-refractivity contribution in [2.45, 2.75) is 0 Å². The predicted molar refractivity (Wildman–Crippen MR) is 90.4 cm³/mol. The van der Waals surface area contributed by atoms with E-state index in [1.165, 1.54) is 0 Å². The molecular weight excluding hydrogens is 306 g/mol. The Morgan fingerprint density at radius 2 is 1.67 bits per heavy atom. The first-order valence-electron chi connectivity index (χ1n) is 7.40. The van der Waals surface area contributed by atoms with E-state index in [1.807, 2.05) is 48.5 Å². The van der Waals surface area contributed by atoms with E-state index in [0.29, 0.717) is 11.1 Å². The van der Waals surface area contributed by atoms with Crippen molar-refractivity contribution in [1.29, 1.82) is 0 Å². The Balaban J connectivity index is 2.08. The van der Waals surface area contributed by atoms with Gasteiger partial charge in [0.25, 0.3) is 0 Å². The summed E-state index contributed by atoms with van der Waals surface area (Å²) < 4.78 is 10.4. The molecule has 0 saturated heterocycles. The highest BCUT2D eigenvalue weighted by molar-refractivity contribution is 6.16. The summed E-state index contributed by atoms with van der Waals surface area (Å²) in [7, 11) is 0. The van der Waals surface area contributed by atoms with Crippen molar-refractivity contribution in [3.05, 3.63) is 75.4 Å². The number of oxazole rings is 1. The summed E-state index contributed by atoms with van der Waals surface area (Å²) in [5, 5.41) is 1.89. The van der Waals surface area contributed by atoms with Crippen LogP contribution in [0, 0.1) is 0 Å². The van der Waals surface area contributed by atoms with Crippen molar-refractivity contribution in [1.82, 2.24) is 4.98 Å². The molecule has 0 aliphatic rings. The first-order valence-corrected chi connectivity index (χ1v) is 7.40. The van der Waals surface area contributed by atoms with Crippen LogP contribution in [-0.4, -0.2) is 4.98 Å². The molecule has 5 rings (SSSR count). The highest BCUT2D eigenvalue weighted by atomic mass is 16.4. The summed E-state index contributed by atoms with van der Waals surface area (Å²) in [5.74, 6) is 0. The first-order chi connectivity index (χ1) is 11.7. The van der Waals surface area contributed by atoms with E-state index in [9.17, 15) is 9.59 Å². The molecule has 0 unspecified atom stereocenters. The summed E-state index contributed by atoms with van der Waals surface area (Å²) in [6.45, 7) is 0. The molecule has 0 fully saturated rings. The van der Waals surface area contributed by atoms with Crippen LogP contribution in [-0.2, 0) is 0 Å². The third kappa shape index (κ3) is 1.66. The lowest BCUT2D eigenvalue weighted by Crippen LogP contribution is -2.05. The van der Waals surface area contributed by atoms with Gasteiger partial charge in [0.15, 0.2) is 5.58 Å². The van der Waals surface area contributed by atoms with E-state index in [1.54, 1.807) is 6.07 Å². The van der Waals surface area contributed by atoms with Crippen LogP contribution in [0.5, 0.6) is 0 Å². The van der Waals surface area contributed by atoms with Crippen LogP contribution in [0.1, 0.15) is 0 Å². The number of rotatable bonds is 1. The van der Waals surface area contributed by atoms with Gasteiger partial charge in [-0.25, -0.2) is 14.6 Å². The van der Waals surface area contributed by atoms with E-state index in [2.05, 4.69) is 4.98 Å². The molecule has 24 heavy (non-hydrogen) atoms. The van der Waals surface area contributed by atoms with E-state index < -0.39 is 11.3 Å². The molecule has 2 bridgehead atoms. The lowest BCUT2D eigenvalue weighted by atomic mass is 9.97. The molecule has 0 saturated carbocycles. The zero-order chi connectivity index (χ0) is 16.3. The monoisotopic (exact) mass is 315 g/mol. The molecule has 0 amide bonds. The van der Waals surface area contributed by atoms with Gasteiger partial charge in [-0.3, -0.25) is 0 Å². The van der Waals surface area contributed by atoms with Crippen molar-refractivity contribution in [2.75, 3.05) is 0 Å². The lowest BCUT2D eigenvalue weighted by Gasteiger charge is -2.07. The lowest BCUT2D eigenvalue weighted by molar-refractivity contribution is 0.474. The second-order valence-corrected chi connectivity index (χ2v) is 5.57. The van der Waals surface area contributed by atoms with Crippen molar-refractivity contribution in [2.24, 2.45) is 0 Å². The smallest absolute Gasteiger partial charge is 0.402 e. The SMILES string of the molecule is O=c1oc(=O)c2cc3cccc(-c4ccccc4)c3c3oc1nc23. The van der Waals surface area contributed by atoms with Crippen molar-refractivity contribution in [3.8, 4) is 11.1 Å². The maximum absolute atomic E-state index is 12.1. The maximum Gasteiger partial charge on any atom is 0.402 e. The molecule has 0 spiro atoms. The van der Waals surface area contributed by atoms with Crippen molar-refractivity contribution in [3.63, 3.8) is 0 Å². The highest BCUT2D eigenvalue weighted by Gasteiger charge is 2.18. The molecular formula is C19H9NO4. The quantitative estimate of drug-likeness (QED) is 0.473. The van der Waals surface area contributed by atoms with Crippen LogP contribution < -0.4 is 11.3 Å². The van der Waals surface area contributed by atoms with Gasteiger partial charge in [0.05, 0.1) is 5.39 Å². The van der Waals surface area contributed by atoms with Gasteiger partial charge in [-0.05, 0) is 22.6 Å². The number of aromatic nitrogens is 1. The number of hydrogen-bond acceptors (Lipinski definition) is 5. The number of benzene rings is 3. The molecule has 5 aromatic rings. The summed E-state index contributed by atoms with van der Waals surface area (Å²) in [5.41, 5.74) is 0.989. The fourth-order valence-electron chi connectivity index (χ4n) is 3.12. The minimum atomic E-state index is -0.864. The van der Waals surface area contributed by atoms with Gasteiger partial charge in [0.1, 0.15) is 5.52 Å². The number of fused-ring (bicyclic) bond motifs is 3. The fourth-order valence-corrected chi connectivity index (χ4v) is 3.12. The number of nitrogens with zero attached hydrogens (tertiary/aromatic N) is 1. The Morgan fingerprint density at radius 3 is 2.50 bits per heavy atom. The summed E-state index contributed by atoms with van der Waals surface area (Å²) in [6.07, 6.45) is 0. The minimum absolute atomic E-state index is 0.201. The average Bonchev–Trinajstić information content (AvgIpc) is 3.02. The largest absolute Gasteiger partial charge is 0.430 e. The molecule has 0 N–H and O–H groups in total. The van der Waals surface area contributed by atoms with Gasteiger partial charge in [0, 0.05) is 5.39 Å².